The van der Waals surface area contributed by atoms with Gasteiger partial charge >= 0.3 is 0 Å². The van der Waals surface area contributed by atoms with Gasteiger partial charge in [-0.1, -0.05) is 35.0 Å². The van der Waals surface area contributed by atoms with Gasteiger partial charge in [0.1, 0.15) is 12.4 Å². The first-order chi connectivity index (χ1) is 9.60. The first kappa shape index (κ1) is 14.4. The van der Waals surface area contributed by atoms with Crippen LogP contribution in [0.4, 0.5) is 0 Å². The summed E-state index contributed by atoms with van der Waals surface area (Å²) < 4.78 is 5.83. The molecule has 0 fully saturated rings. The van der Waals surface area contributed by atoms with Crippen LogP contribution in [0.5, 0.6) is 5.75 Å². The molecule has 0 spiro atoms. The molecule has 0 aliphatic heterocycles. The van der Waals surface area contributed by atoms with Crippen molar-refractivity contribution < 1.29 is 9.94 Å². The van der Waals surface area contributed by atoms with Crippen LogP contribution in [0.2, 0.25) is 5.02 Å². The summed E-state index contributed by atoms with van der Waals surface area (Å²) in [6.07, 6.45) is 0. The molecule has 0 unspecified atom stereocenters. The fourth-order valence-electron chi connectivity index (χ4n) is 1.89. The molecule has 0 radical (unpaired) electrons. The Balaban J connectivity index is 2.22. The topological polar surface area (TPSA) is 41.8 Å². The molecule has 0 saturated carbocycles. The van der Waals surface area contributed by atoms with Crippen LogP contribution in [-0.2, 0) is 6.61 Å². The zero-order valence-electron chi connectivity index (χ0n) is 11.4. The van der Waals surface area contributed by atoms with E-state index in [-0.39, 0.29) is 0 Å². The van der Waals surface area contributed by atoms with Gasteiger partial charge in [0.15, 0.2) is 0 Å². The zero-order chi connectivity index (χ0) is 14.5. The van der Waals surface area contributed by atoms with Gasteiger partial charge in [0.05, 0.1) is 5.71 Å². The van der Waals surface area contributed by atoms with Crippen molar-refractivity contribution in [2.75, 3.05) is 0 Å². The SMILES string of the molecule is CC(=NO)c1ccc(C)cc1OCc1cccc(Cl)c1. The average Bonchev–Trinajstić information content (AvgIpc) is 2.44. The second-order valence-corrected chi connectivity index (χ2v) is 5.04. The maximum Gasteiger partial charge on any atom is 0.129 e. The minimum atomic E-state index is 0.412. The molecule has 4 heteroatoms. The highest BCUT2D eigenvalue weighted by molar-refractivity contribution is 6.30. The standard InChI is InChI=1S/C16H16ClNO2/c1-11-6-7-15(12(2)18-19)16(8-11)20-10-13-4-3-5-14(17)9-13/h3-9,19H,10H2,1-2H3. The van der Waals surface area contributed by atoms with Crippen LogP contribution >= 0.6 is 11.6 Å². The van der Waals surface area contributed by atoms with Gasteiger partial charge in [-0.2, -0.15) is 0 Å². The van der Waals surface area contributed by atoms with E-state index in [0.29, 0.717) is 23.1 Å². The fraction of sp³-hybridized carbons (Fsp3) is 0.188. The Morgan fingerprint density at radius 3 is 2.75 bits per heavy atom. The van der Waals surface area contributed by atoms with Crippen molar-refractivity contribution in [3.05, 3.63) is 64.2 Å². The molecule has 0 aliphatic rings. The number of oxime groups is 1. The number of hydrogen-bond acceptors (Lipinski definition) is 3. The monoisotopic (exact) mass is 289 g/mol. The number of rotatable bonds is 4. The summed E-state index contributed by atoms with van der Waals surface area (Å²) in [4.78, 5) is 0. The van der Waals surface area contributed by atoms with Gasteiger partial charge < -0.3 is 9.94 Å². The molecule has 0 heterocycles. The molecule has 0 aliphatic carbocycles. The normalized spacial score (nSPS) is 11.4. The van der Waals surface area contributed by atoms with E-state index < -0.39 is 0 Å². The lowest BCUT2D eigenvalue weighted by Gasteiger charge is -2.12. The summed E-state index contributed by atoms with van der Waals surface area (Å²) in [5, 5.41) is 12.8. The van der Waals surface area contributed by atoms with Gasteiger partial charge in [0.2, 0.25) is 0 Å². The number of benzene rings is 2. The number of halogens is 1. The molecule has 0 atom stereocenters. The lowest BCUT2D eigenvalue weighted by molar-refractivity contribution is 0.303. The van der Waals surface area contributed by atoms with Gasteiger partial charge in [-0.15, -0.1) is 0 Å². The van der Waals surface area contributed by atoms with Gasteiger partial charge in [0.25, 0.3) is 0 Å². The summed E-state index contributed by atoms with van der Waals surface area (Å²) in [6.45, 7) is 4.13. The Hall–Kier alpha value is -2.00. The highest BCUT2D eigenvalue weighted by atomic mass is 35.5. The molecular formula is C16H16ClNO2. The van der Waals surface area contributed by atoms with Crippen molar-refractivity contribution >= 4 is 17.3 Å². The van der Waals surface area contributed by atoms with E-state index in [1.807, 2.05) is 49.4 Å². The summed E-state index contributed by atoms with van der Waals surface area (Å²) in [5.74, 6) is 0.695. The molecule has 2 rings (SSSR count). The molecule has 0 aromatic heterocycles. The molecule has 0 saturated heterocycles. The Morgan fingerprint density at radius 2 is 2.05 bits per heavy atom. The summed E-state index contributed by atoms with van der Waals surface area (Å²) >= 11 is 5.95. The van der Waals surface area contributed by atoms with Crippen LogP contribution in [0.3, 0.4) is 0 Å². The molecule has 3 nitrogen and oxygen atoms in total. The molecular weight excluding hydrogens is 274 g/mol. The third kappa shape index (κ3) is 3.52. The molecule has 0 amide bonds. The number of ether oxygens (including phenoxy) is 1. The van der Waals surface area contributed by atoms with Crippen LogP contribution < -0.4 is 4.74 Å². The first-order valence-electron chi connectivity index (χ1n) is 6.27. The lowest BCUT2D eigenvalue weighted by Crippen LogP contribution is -2.03. The van der Waals surface area contributed by atoms with E-state index >= 15 is 0 Å². The Kier molecular flexibility index (Phi) is 4.64. The lowest BCUT2D eigenvalue weighted by atomic mass is 10.1. The third-order valence-corrected chi connectivity index (χ3v) is 3.20. The van der Waals surface area contributed by atoms with Crippen LogP contribution in [0, 0.1) is 6.92 Å². The summed E-state index contributed by atoms with van der Waals surface area (Å²) in [7, 11) is 0. The van der Waals surface area contributed by atoms with Gasteiger partial charge in [-0.05, 0) is 49.2 Å². The maximum atomic E-state index is 8.92. The minimum Gasteiger partial charge on any atom is -0.488 e. The van der Waals surface area contributed by atoms with E-state index in [4.69, 9.17) is 21.5 Å². The maximum absolute atomic E-state index is 8.92. The van der Waals surface area contributed by atoms with Gasteiger partial charge in [0, 0.05) is 10.6 Å². The van der Waals surface area contributed by atoms with Crippen molar-refractivity contribution in [1.29, 1.82) is 0 Å². The van der Waals surface area contributed by atoms with Gasteiger partial charge in [-0.25, -0.2) is 0 Å². The summed E-state index contributed by atoms with van der Waals surface area (Å²) in [6, 6.07) is 13.3. The summed E-state index contributed by atoms with van der Waals surface area (Å²) in [5.41, 5.74) is 3.37. The Labute approximate surface area is 123 Å². The third-order valence-electron chi connectivity index (χ3n) is 2.96. The zero-order valence-corrected chi connectivity index (χ0v) is 12.2. The number of aryl methyl sites for hydroxylation is 1. The Morgan fingerprint density at radius 1 is 1.25 bits per heavy atom. The average molecular weight is 290 g/mol. The minimum absolute atomic E-state index is 0.412. The van der Waals surface area contributed by atoms with Crippen molar-refractivity contribution in [1.82, 2.24) is 0 Å². The molecule has 1 N–H and O–H groups in total. The molecule has 2 aromatic carbocycles. The van der Waals surface area contributed by atoms with Gasteiger partial charge in [-0.3, -0.25) is 0 Å². The van der Waals surface area contributed by atoms with Crippen LogP contribution in [-0.4, -0.2) is 10.9 Å². The van der Waals surface area contributed by atoms with Crippen molar-refractivity contribution in [2.24, 2.45) is 5.16 Å². The highest BCUT2D eigenvalue weighted by Crippen LogP contribution is 2.23. The smallest absolute Gasteiger partial charge is 0.129 e. The quantitative estimate of drug-likeness (QED) is 0.514. The van der Waals surface area contributed by atoms with Crippen LogP contribution in [0.1, 0.15) is 23.6 Å². The van der Waals surface area contributed by atoms with Crippen LogP contribution in [0.15, 0.2) is 47.6 Å². The van der Waals surface area contributed by atoms with E-state index in [1.54, 1.807) is 6.92 Å². The van der Waals surface area contributed by atoms with Crippen molar-refractivity contribution in [3.8, 4) is 5.75 Å². The highest BCUT2D eigenvalue weighted by Gasteiger charge is 2.08. The van der Waals surface area contributed by atoms with E-state index in [9.17, 15) is 0 Å². The fourth-order valence-corrected chi connectivity index (χ4v) is 2.10. The molecule has 20 heavy (non-hydrogen) atoms. The largest absolute Gasteiger partial charge is 0.488 e. The van der Waals surface area contributed by atoms with Crippen LogP contribution in [0.25, 0.3) is 0 Å². The van der Waals surface area contributed by atoms with Crippen molar-refractivity contribution in [2.45, 2.75) is 20.5 Å². The number of nitrogens with zero attached hydrogens (tertiary/aromatic N) is 1. The van der Waals surface area contributed by atoms with Crippen molar-refractivity contribution in [3.63, 3.8) is 0 Å². The Bertz CT molecular complexity index is 638. The molecule has 104 valence electrons. The van der Waals surface area contributed by atoms with E-state index in [2.05, 4.69) is 5.16 Å². The van der Waals surface area contributed by atoms with E-state index in [0.717, 1.165) is 16.7 Å². The second-order valence-electron chi connectivity index (χ2n) is 4.60. The first-order valence-corrected chi connectivity index (χ1v) is 6.65. The predicted octanol–water partition coefficient (Wildman–Crippen LogP) is 4.43. The predicted molar refractivity (Wildman–Crippen MR) is 81.0 cm³/mol. The second kappa shape index (κ2) is 6.44. The number of hydrogen-bond donors (Lipinski definition) is 1. The molecule has 0 bridgehead atoms. The molecule has 2 aromatic rings. The van der Waals surface area contributed by atoms with E-state index in [1.165, 1.54) is 0 Å².